The van der Waals surface area contributed by atoms with Crippen LogP contribution in [0.1, 0.15) is 29.2 Å². The van der Waals surface area contributed by atoms with Crippen molar-refractivity contribution in [3.8, 4) is 5.69 Å². The van der Waals surface area contributed by atoms with E-state index in [1.807, 2.05) is 29.1 Å². The van der Waals surface area contributed by atoms with Gasteiger partial charge in [0.25, 0.3) is 0 Å². The maximum absolute atomic E-state index is 4.45. The van der Waals surface area contributed by atoms with Crippen LogP contribution in [0.4, 0.5) is 0 Å². The topological polar surface area (TPSA) is 29.9 Å². The Morgan fingerprint density at radius 3 is 2.77 bits per heavy atom. The molecule has 1 aromatic heterocycles. The van der Waals surface area contributed by atoms with Gasteiger partial charge in [-0.15, -0.1) is 0 Å². The second-order valence-corrected chi connectivity index (χ2v) is 5.80. The van der Waals surface area contributed by atoms with Gasteiger partial charge in [-0.2, -0.15) is 5.10 Å². The molecule has 1 unspecified atom stereocenters. The summed E-state index contributed by atoms with van der Waals surface area (Å²) in [7, 11) is 0. The van der Waals surface area contributed by atoms with Gasteiger partial charge in [0.2, 0.25) is 0 Å². The molecule has 0 aliphatic heterocycles. The fraction of sp³-hybridized carbons (Fsp3) is 0.211. The summed E-state index contributed by atoms with van der Waals surface area (Å²) in [5, 5.41) is 8.12. The van der Waals surface area contributed by atoms with Crippen LogP contribution in [-0.4, -0.2) is 9.78 Å². The van der Waals surface area contributed by atoms with Crippen LogP contribution >= 0.6 is 0 Å². The van der Waals surface area contributed by atoms with Crippen molar-refractivity contribution in [3.05, 3.63) is 83.7 Å². The van der Waals surface area contributed by atoms with E-state index in [-0.39, 0.29) is 0 Å². The lowest BCUT2D eigenvalue weighted by molar-refractivity contribution is 0.530. The Bertz CT molecular complexity index is 761. The molecule has 0 radical (unpaired) electrons. The third-order valence-electron chi connectivity index (χ3n) is 4.34. The summed E-state index contributed by atoms with van der Waals surface area (Å²) >= 11 is 0. The van der Waals surface area contributed by atoms with Crippen molar-refractivity contribution in [2.24, 2.45) is 0 Å². The summed E-state index contributed by atoms with van der Waals surface area (Å²) in [5.41, 5.74) is 5.26. The van der Waals surface area contributed by atoms with E-state index >= 15 is 0 Å². The van der Waals surface area contributed by atoms with Gasteiger partial charge in [-0.25, -0.2) is 4.68 Å². The number of benzene rings is 2. The van der Waals surface area contributed by atoms with Crippen molar-refractivity contribution in [2.75, 3.05) is 0 Å². The molecule has 2 aromatic carbocycles. The van der Waals surface area contributed by atoms with Gasteiger partial charge >= 0.3 is 0 Å². The highest BCUT2D eigenvalue weighted by molar-refractivity contribution is 5.34. The smallest absolute Gasteiger partial charge is 0.0645 e. The number of hydrogen-bond acceptors (Lipinski definition) is 2. The van der Waals surface area contributed by atoms with Gasteiger partial charge in [-0.05, 0) is 36.1 Å². The number of hydrogen-bond donors (Lipinski definition) is 1. The van der Waals surface area contributed by atoms with E-state index in [9.17, 15) is 0 Å². The molecule has 3 aromatic rings. The quantitative estimate of drug-likeness (QED) is 0.794. The minimum absolute atomic E-state index is 0.469. The largest absolute Gasteiger partial charge is 0.306 e. The second-order valence-electron chi connectivity index (χ2n) is 5.80. The number of aromatic nitrogens is 2. The summed E-state index contributed by atoms with van der Waals surface area (Å²) in [4.78, 5) is 0. The van der Waals surface area contributed by atoms with Gasteiger partial charge in [-0.1, -0.05) is 42.5 Å². The van der Waals surface area contributed by atoms with Crippen LogP contribution < -0.4 is 5.32 Å². The maximum Gasteiger partial charge on any atom is 0.0645 e. The molecule has 0 bridgehead atoms. The Morgan fingerprint density at radius 1 is 1.05 bits per heavy atom. The SMILES string of the molecule is c1ccc(-n2cc(CNC3CCc4ccccc43)cn2)cc1. The van der Waals surface area contributed by atoms with Crippen LogP contribution in [-0.2, 0) is 13.0 Å². The standard InChI is InChI=1S/C19H19N3/c1-2-7-17(8-3-1)22-14-15(13-21-22)12-20-19-11-10-16-6-4-5-9-18(16)19/h1-9,13-14,19-20H,10-12H2. The van der Waals surface area contributed by atoms with E-state index in [0.29, 0.717) is 6.04 Å². The molecule has 1 atom stereocenters. The van der Waals surface area contributed by atoms with Crippen molar-refractivity contribution in [1.29, 1.82) is 0 Å². The molecule has 0 spiro atoms. The molecule has 1 N–H and O–H groups in total. The zero-order valence-corrected chi connectivity index (χ0v) is 12.4. The zero-order chi connectivity index (χ0) is 14.8. The Morgan fingerprint density at radius 2 is 1.86 bits per heavy atom. The van der Waals surface area contributed by atoms with Crippen LogP contribution in [0.15, 0.2) is 67.0 Å². The van der Waals surface area contributed by atoms with Gasteiger partial charge in [0.1, 0.15) is 0 Å². The number of para-hydroxylation sites is 1. The van der Waals surface area contributed by atoms with E-state index in [1.165, 1.54) is 29.5 Å². The molecular weight excluding hydrogens is 270 g/mol. The summed E-state index contributed by atoms with van der Waals surface area (Å²) < 4.78 is 1.93. The van der Waals surface area contributed by atoms with E-state index in [1.54, 1.807) is 0 Å². The molecule has 3 heteroatoms. The number of nitrogens with one attached hydrogen (secondary N) is 1. The third-order valence-corrected chi connectivity index (χ3v) is 4.34. The summed E-state index contributed by atoms with van der Waals surface area (Å²) in [6.45, 7) is 0.853. The minimum Gasteiger partial charge on any atom is -0.306 e. The Kier molecular flexibility index (Phi) is 3.49. The van der Waals surface area contributed by atoms with Crippen molar-refractivity contribution in [3.63, 3.8) is 0 Å². The molecule has 1 aliphatic rings. The molecule has 22 heavy (non-hydrogen) atoms. The number of fused-ring (bicyclic) bond motifs is 1. The fourth-order valence-electron chi connectivity index (χ4n) is 3.18. The highest BCUT2D eigenvalue weighted by Gasteiger charge is 2.21. The Hall–Kier alpha value is -2.39. The molecule has 0 saturated carbocycles. The fourth-order valence-corrected chi connectivity index (χ4v) is 3.18. The van der Waals surface area contributed by atoms with Crippen molar-refractivity contribution < 1.29 is 0 Å². The van der Waals surface area contributed by atoms with Crippen molar-refractivity contribution in [1.82, 2.24) is 15.1 Å². The molecule has 4 rings (SSSR count). The normalized spacial score (nSPS) is 16.6. The molecule has 0 amide bonds. The van der Waals surface area contributed by atoms with Crippen LogP contribution in [0, 0.1) is 0 Å². The summed E-state index contributed by atoms with van der Waals surface area (Å²) in [6, 6.07) is 19.4. The third kappa shape index (κ3) is 2.55. The molecule has 3 nitrogen and oxygen atoms in total. The first-order chi connectivity index (χ1) is 10.9. The molecule has 110 valence electrons. The summed E-state index contributed by atoms with van der Waals surface area (Å²) in [5.74, 6) is 0. The molecule has 1 heterocycles. The van der Waals surface area contributed by atoms with E-state index in [4.69, 9.17) is 0 Å². The zero-order valence-electron chi connectivity index (χ0n) is 12.4. The average molecular weight is 289 g/mol. The number of aryl methyl sites for hydroxylation is 1. The van der Waals surface area contributed by atoms with Gasteiger partial charge in [-0.3, -0.25) is 0 Å². The number of nitrogens with zero attached hydrogens (tertiary/aromatic N) is 2. The van der Waals surface area contributed by atoms with Gasteiger partial charge in [0.15, 0.2) is 0 Å². The predicted molar refractivity (Wildman–Crippen MR) is 87.9 cm³/mol. The first-order valence-corrected chi connectivity index (χ1v) is 7.80. The number of rotatable bonds is 4. The van der Waals surface area contributed by atoms with Gasteiger partial charge in [0.05, 0.1) is 11.9 Å². The van der Waals surface area contributed by atoms with Gasteiger partial charge < -0.3 is 5.32 Å². The van der Waals surface area contributed by atoms with Crippen molar-refractivity contribution in [2.45, 2.75) is 25.4 Å². The van der Waals surface area contributed by atoms with E-state index in [0.717, 1.165) is 12.2 Å². The van der Waals surface area contributed by atoms with Crippen LogP contribution in [0.25, 0.3) is 5.69 Å². The van der Waals surface area contributed by atoms with E-state index < -0.39 is 0 Å². The maximum atomic E-state index is 4.45. The monoisotopic (exact) mass is 289 g/mol. The van der Waals surface area contributed by atoms with Crippen LogP contribution in [0.3, 0.4) is 0 Å². The van der Waals surface area contributed by atoms with Gasteiger partial charge in [0, 0.05) is 24.3 Å². The lowest BCUT2D eigenvalue weighted by atomic mass is 10.1. The minimum atomic E-state index is 0.469. The molecule has 1 aliphatic carbocycles. The highest BCUT2D eigenvalue weighted by Crippen LogP contribution is 2.30. The molecule has 0 saturated heterocycles. The van der Waals surface area contributed by atoms with Crippen LogP contribution in [0.2, 0.25) is 0 Å². The Labute approximate surface area is 130 Å². The molecule has 0 fully saturated rings. The lowest BCUT2D eigenvalue weighted by Gasteiger charge is -2.13. The first-order valence-electron chi connectivity index (χ1n) is 7.80. The summed E-state index contributed by atoms with van der Waals surface area (Å²) in [6.07, 6.45) is 6.41. The predicted octanol–water partition coefficient (Wildman–Crippen LogP) is 3.65. The Balaban J connectivity index is 1.44. The van der Waals surface area contributed by atoms with Crippen LogP contribution in [0.5, 0.6) is 0 Å². The highest BCUT2D eigenvalue weighted by atomic mass is 15.3. The van der Waals surface area contributed by atoms with E-state index in [2.05, 4.69) is 53.0 Å². The average Bonchev–Trinajstić information content (AvgIpc) is 3.21. The first kappa shape index (κ1) is 13.3. The lowest BCUT2D eigenvalue weighted by Crippen LogP contribution is -2.18. The molecular formula is C19H19N3. The second kappa shape index (κ2) is 5.78. The van der Waals surface area contributed by atoms with Crippen molar-refractivity contribution >= 4 is 0 Å².